The summed E-state index contributed by atoms with van der Waals surface area (Å²) in [5.41, 5.74) is 0.486. The number of methoxy groups -OCH3 is 1. The molecule has 0 fully saturated rings. The van der Waals surface area contributed by atoms with Crippen LogP contribution in [0.3, 0.4) is 0 Å². The van der Waals surface area contributed by atoms with Crippen molar-refractivity contribution in [3.05, 3.63) is 23.8 Å². The number of ether oxygens (including phenoxy) is 3. The number of phenolic OH excluding ortho intramolecular Hbond substituents is 1. The van der Waals surface area contributed by atoms with E-state index in [1.165, 1.54) is 38.2 Å². The molecule has 0 radical (unpaired) electrons. The number of rotatable bonds is 7. The monoisotopic (exact) mass is 328 g/mol. The second kappa shape index (κ2) is 16.8. The number of aldehydes is 1. The van der Waals surface area contributed by atoms with Crippen molar-refractivity contribution >= 4 is 6.29 Å². The number of carbonyl (C=O) groups excluding carboxylic acids is 1. The highest BCUT2D eigenvalue weighted by Gasteiger charge is 2.00. The average molecular weight is 328 g/mol. The molecule has 0 aromatic heterocycles. The minimum Gasteiger partial charge on any atom is -0.504 e. The van der Waals surface area contributed by atoms with Crippen LogP contribution in [-0.2, 0) is 9.47 Å². The first kappa shape index (κ1) is 23.7. The van der Waals surface area contributed by atoms with Crippen LogP contribution >= 0.6 is 0 Å². The molecule has 0 amide bonds. The minimum atomic E-state index is -0.0370. The van der Waals surface area contributed by atoms with Crippen molar-refractivity contribution in [3.8, 4) is 11.5 Å². The summed E-state index contributed by atoms with van der Waals surface area (Å²) >= 11 is 0. The van der Waals surface area contributed by atoms with Crippen molar-refractivity contribution in [2.75, 3.05) is 20.3 Å². The fourth-order valence-electron chi connectivity index (χ4n) is 1.29. The zero-order valence-electron chi connectivity index (χ0n) is 15.3. The van der Waals surface area contributed by atoms with Gasteiger partial charge in [-0.15, -0.1) is 0 Å². The average Bonchev–Trinajstić information content (AvgIpc) is 2.56. The van der Waals surface area contributed by atoms with E-state index in [1.54, 1.807) is 0 Å². The van der Waals surface area contributed by atoms with E-state index in [2.05, 4.69) is 13.8 Å². The molecular weight excluding hydrogens is 296 g/mol. The van der Waals surface area contributed by atoms with Crippen LogP contribution in [0.2, 0.25) is 0 Å². The summed E-state index contributed by atoms with van der Waals surface area (Å²) in [6, 6.07) is 4.41. The summed E-state index contributed by atoms with van der Waals surface area (Å²) in [6.07, 6.45) is 3.30. The lowest BCUT2D eigenvalue weighted by molar-refractivity contribution is -0.123. The van der Waals surface area contributed by atoms with Gasteiger partial charge in [0, 0.05) is 18.8 Å². The molecule has 0 aliphatic carbocycles. The van der Waals surface area contributed by atoms with Gasteiger partial charge < -0.3 is 19.3 Å². The number of hydrogen-bond donors (Lipinski definition) is 1. The van der Waals surface area contributed by atoms with E-state index in [-0.39, 0.29) is 12.0 Å². The maximum atomic E-state index is 10.2. The van der Waals surface area contributed by atoms with Gasteiger partial charge in [-0.1, -0.05) is 26.7 Å². The van der Waals surface area contributed by atoms with Crippen LogP contribution in [0.4, 0.5) is 0 Å². The molecule has 1 aromatic rings. The Hall–Kier alpha value is -1.59. The standard InChI is InChI=1S/C8H8O3.C6H14O2.C4H10/c1-11-8-4-6(5-9)2-3-7(8)10;1-4-7-6(3)8-5-2;1-3-4-2/h2-5,10H,1H3;6H,4-5H2,1-3H3;3-4H2,1-2H3. The molecule has 0 atom stereocenters. The lowest BCUT2D eigenvalue weighted by Gasteiger charge is -2.09. The molecule has 5 nitrogen and oxygen atoms in total. The number of hydrogen-bond acceptors (Lipinski definition) is 5. The predicted molar refractivity (Wildman–Crippen MR) is 93.3 cm³/mol. The van der Waals surface area contributed by atoms with E-state index in [0.717, 1.165) is 13.2 Å². The third kappa shape index (κ3) is 13.8. The smallest absolute Gasteiger partial charge is 0.161 e. The highest BCUT2D eigenvalue weighted by atomic mass is 16.7. The van der Waals surface area contributed by atoms with Crippen LogP contribution in [0.15, 0.2) is 18.2 Å². The van der Waals surface area contributed by atoms with Crippen LogP contribution in [0.1, 0.15) is 57.8 Å². The van der Waals surface area contributed by atoms with Crippen molar-refractivity contribution in [2.24, 2.45) is 0 Å². The van der Waals surface area contributed by atoms with Gasteiger partial charge in [0.05, 0.1) is 7.11 Å². The van der Waals surface area contributed by atoms with Crippen LogP contribution < -0.4 is 4.74 Å². The van der Waals surface area contributed by atoms with E-state index in [9.17, 15) is 4.79 Å². The zero-order valence-corrected chi connectivity index (χ0v) is 15.3. The van der Waals surface area contributed by atoms with Gasteiger partial charge in [-0.3, -0.25) is 4.79 Å². The number of benzene rings is 1. The van der Waals surface area contributed by atoms with Crippen molar-refractivity contribution in [1.82, 2.24) is 0 Å². The molecule has 0 saturated carbocycles. The van der Waals surface area contributed by atoms with Crippen molar-refractivity contribution in [3.63, 3.8) is 0 Å². The van der Waals surface area contributed by atoms with Gasteiger partial charge in [0.15, 0.2) is 17.8 Å². The van der Waals surface area contributed by atoms with E-state index in [0.29, 0.717) is 17.6 Å². The molecule has 1 N–H and O–H groups in total. The van der Waals surface area contributed by atoms with Gasteiger partial charge >= 0.3 is 0 Å². The Balaban J connectivity index is 0. The number of unbranched alkanes of at least 4 members (excludes halogenated alkanes) is 1. The molecule has 134 valence electrons. The maximum Gasteiger partial charge on any atom is 0.161 e. The molecule has 0 aliphatic heterocycles. The van der Waals surface area contributed by atoms with Gasteiger partial charge in [-0.05, 0) is 39.0 Å². The first-order chi connectivity index (χ1) is 11.0. The molecule has 0 bridgehead atoms. The lowest BCUT2D eigenvalue weighted by atomic mass is 10.2. The summed E-state index contributed by atoms with van der Waals surface area (Å²) < 4.78 is 14.9. The predicted octanol–water partition coefficient (Wildman–Crippen LogP) is 4.43. The Kier molecular flexibility index (Phi) is 17.3. The van der Waals surface area contributed by atoms with Crippen molar-refractivity contribution in [2.45, 2.75) is 53.8 Å². The summed E-state index contributed by atoms with van der Waals surface area (Å²) in [7, 11) is 1.43. The first-order valence-electron chi connectivity index (χ1n) is 8.05. The number of carbonyl (C=O) groups is 1. The van der Waals surface area contributed by atoms with Gasteiger partial charge in [0.25, 0.3) is 0 Å². The number of aromatic hydroxyl groups is 1. The van der Waals surface area contributed by atoms with Crippen LogP contribution in [-0.4, -0.2) is 38.0 Å². The van der Waals surface area contributed by atoms with E-state index < -0.39 is 0 Å². The van der Waals surface area contributed by atoms with E-state index in [1.807, 2.05) is 20.8 Å². The Morgan fingerprint density at radius 1 is 1.09 bits per heavy atom. The molecule has 0 aliphatic rings. The summed E-state index contributed by atoms with van der Waals surface area (Å²) in [6.45, 7) is 11.6. The quantitative estimate of drug-likeness (QED) is 0.592. The van der Waals surface area contributed by atoms with E-state index >= 15 is 0 Å². The topological polar surface area (TPSA) is 65.0 Å². The van der Waals surface area contributed by atoms with Crippen LogP contribution in [0.5, 0.6) is 11.5 Å². The molecule has 0 heterocycles. The molecule has 0 unspecified atom stereocenters. The first-order valence-corrected chi connectivity index (χ1v) is 8.05. The molecule has 5 heteroatoms. The van der Waals surface area contributed by atoms with Crippen LogP contribution in [0, 0.1) is 0 Å². The lowest BCUT2D eigenvalue weighted by Crippen LogP contribution is -2.11. The Morgan fingerprint density at radius 3 is 1.96 bits per heavy atom. The Labute approximate surface area is 140 Å². The highest BCUT2D eigenvalue weighted by molar-refractivity contribution is 5.76. The molecule has 0 saturated heterocycles. The zero-order chi connectivity index (χ0) is 18.1. The molecule has 1 rings (SSSR count). The third-order valence-electron chi connectivity index (χ3n) is 2.64. The normalized spacial score (nSPS) is 9.35. The molecule has 1 aromatic carbocycles. The summed E-state index contributed by atoms with van der Waals surface area (Å²) in [4.78, 5) is 10.2. The molecule has 23 heavy (non-hydrogen) atoms. The second-order valence-electron chi connectivity index (χ2n) is 4.53. The Morgan fingerprint density at radius 2 is 1.61 bits per heavy atom. The Bertz CT molecular complexity index is 385. The van der Waals surface area contributed by atoms with Gasteiger partial charge in [0.2, 0.25) is 0 Å². The second-order valence-corrected chi connectivity index (χ2v) is 4.53. The van der Waals surface area contributed by atoms with Crippen molar-refractivity contribution < 1.29 is 24.1 Å². The third-order valence-corrected chi connectivity index (χ3v) is 2.64. The van der Waals surface area contributed by atoms with E-state index in [4.69, 9.17) is 19.3 Å². The molecular formula is C18H32O5. The molecule has 0 spiro atoms. The fraction of sp³-hybridized carbons (Fsp3) is 0.611. The summed E-state index contributed by atoms with van der Waals surface area (Å²) in [5, 5.41) is 9.09. The largest absolute Gasteiger partial charge is 0.504 e. The minimum absolute atomic E-state index is 0.0370. The van der Waals surface area contributed by atoms with Crippen molar-refractivity contribution in [1.29, 1.82) is 0 Å². The van der Waals surface area contributed by atoms with Gasteiger partial charge in [-0.2, -0.15) is 0 Å². The SMILES string of the molecule is CCCC.CCOC(C)OCC.COc1cc(C=O)ccc1O. The van der Waals surface area contributed by atoms with Crippen LogP contribution in [0.25, 0.3) is 0 Å². The summed E-state index contributed by atoms with van der Waals surface area (Å²) in [5.74, 6) is 0.354. The van der Waals surface area contributed by atoms with Gasteiger partial charge in [-0.25, -0.2) is 0 Å². The highest BCUT2D eigenvalue weighted by Crippen LogP contribution is 2.25. The fourth-order valence-corrected chi connectivity index (χ4v) is 1.29. The van der Waals surface area contributed by atoms with Gasteiger partial charge in [0.1, 0.15) is 6.29 Å². The number of phenols is 1. The maximum absolute atomic E-state index is 10.2.